The summed E-state index contributed by atoms with van der Waals surface area (Å²) in [5, 5.41) is 87.3. The van der Waals surface area contributed by atoms with E-state index in [1.165, 1.54) is 250 Å². The van der Waals surface area contributed by atoms with Gasteiger partial charge in [-0.3, -0.25) is 4.79 Å². The van der Waals surface area contributed by atoms with Crippen LogP contribution in [0.3, 0.4) is 0 Å². The van der Waals surface area contributed by atoms with Gasteiger partial charge in [-0.05, 0) is 19.3 Å². The summed E-state index contributed by atoms with van der Waals surface area (Å²) in [5.41, 5.74) is 0. The standard InChI is InChI=1S/C67H129NO13/c1-3-5-7-9-11-13-15-17-19-21-22-23-24-25-26-27-28-29-30-31-32-33-34-35-36-38-40-42-44-46-48-50-56(71)55(68-59(72)51-49-47-45-43-41-39-37-20-18-16-14-12-10-8-6-4-2)54-78-66-64(77)62(75)65(58(53-70)80-66)81-67-63(76)61(74)60(73)57(52-69)79-67/h48,50,55-58,60-67,69-71,73-77H,3-47,49,51-54H2,1-2H3,(H,68,72)/b50-48+. The van der Waals surface area contributed by atoms with Gasteiger partial charge < -0.3 is 65.1 Å². The number of amides is 1. The van der Waals surface area contributed by atoms with E-state index in [2.05, 4.69) is 19.2 Å². The Kier molecular flexibility index (Phi) is 49.6. The maximum Gasteiger partial charge on any atom is 0.220 e. The van der Waals surface area contributed by atoms with Crippen molar-refractivity contribution in [2.24, 2.45) is 0 Å². The van der Waals surface area contributed by atoms with Crippen LogP contribution < -0.4 is 5.32 Å². The zero-order chi connectivity index (χ0) is 58.8. The Labute approximate surface area is 495 Å². The lowest BCUT2D eigenvalue weighted by molar-refractivity contribution is -0.359. The summed E-state index contributed by atoms with van der Waals surface area (Å²) in [6.07, 6.45) is 47.0. The molecule has 480 valence electrons. The van der Waals surface area contributed by atoms with Crippen molar-refractivity contribution >= 4 is 5.91 Å². The van der Waals surface area contributed by atoms with Crippen LogP contribution in [0, 0.1) is 0 Å². The highest BCUT2D eigenvalue weighted by molar-refractivity contribution is 5.76. The van der Waals surface area contributed by atoms with Gasteiger partial charge in [0.1, 0.15) is 48.8 Å². The monoisotopic (exact) mass is 1160 g/mol. The molecule has 0 spiro atoms. The van der Waals surface area contributed by atoms with Crippen molar-refractivity contribution in [2.75, 3.05) is 19.8 Å². The van der Waals surface area contributed by atoms with Crippen molar-refractivity contribution in [3.8, 4) is 0 Å². The first-order chi connectivity index (χ1) is 39.6. The second-order valence-corrected chi connectivity index (χ2v) is 24.7. The second-order valence-electron chi connectivity index (χ2n) is 24.7. The number of hydrogen-bond donors (Lipinski definition) is 9. The summed E-state index contributed by atoms with van der Waals surface area (Å²) in [6.45, 7) is 2.85. The molecule has 2 aliphatic rings. The molecule has 2 fully saturated rings. The number of aliphatic hydroxyl groups is 8. The molecule has 2 heterocycles. The highest BCUT2D eigenvalue weighted by Crippen LogP contribution is 2.30. The minimum atomic E-state index is -1.79. The third-order valence-corrected chi connectivity index (χ3v) is 17.2. The minimum Gasteiger partial charge on any atom is -0.394 e. The van der Waals surface area contributed by atoms with E-state index in [1.807, 2.05) is 6.08 Å². The lowest BCUT2D eigenvalue weighted by atomic mass is 9.97. The van der Waals surface area contributed by atoms with Crippen molar-refractivity contribution in [3.05, 3.63) is 12.2 Å². The van der Waals surface area contributed by atoms with Crippen LogP contribution in [-0.2, 0) is 23.7 Å². The normalized spacial score (nSPS) is 24.1. The topological polar surface area (TPSA) is 228 Å². The molecule has 0 radical (unpaired) electrons. The molecule has 12 unspecified atom stereocenters. The SMILES string of the molecule is CCCCCCCCCCCCCCCCCCCCCCCCCCCCCCC/C=C/C(O)C(COC1OC(CO)C(OC2OC(CO)C(O)C(O)C2O)C(O)C1O)NC(=O)CCCCCCCCCCCCCCCCCC. The molecule has 9 N–H and O–H groups in total. The van der Waals surface area contributed by atoms with E-state index in [0.29, 0.717) is 6.42 Å². The minimum absolute atomic E-state index is 0.233. The Bertz CT molecular complexity index is 1410. The molecule has 0 aromatic heterocycles. The Balaban J connectivity index is 1.65. The fraction of sp³-hybridized carbons (Fsp3) is 0.955. The highest BCUT2D eigenvalue weighted by atomic mass is 16.7. The molecule has 0 saturated carbocycles. The molecule has 12 atom stereocenters. The Hall–Kier alpha value is -1.27. The molecule has 0 aromatic rings. The molecule has 2 saturated heterocycles. The molecular weight excluding hydrogens is 1030 g/mol. The van der Waals surface area contributed by atoms with E-state index in [9.17, 15) is 45.6 Å². The van der Waals surface area contributed by atoms with E-state index < -0.39 is 86.8 Å². The molecule has 1 amide bonds. The number of ether oxygens (including phenoxy) is 4. The van der Waals surface area contributed by atoms with Crippen molar-refractivity contribution in [1.82, 2.24) is 5.32 Å². The molecule has 81 heavy (non-hydrogen) atoms. The zero-order valence-electron chi connectivity index (χ0n) is 52.1. The molecule has 0 aromatic carbocycles. The number of aliphatic hydroxyl groups excluding tert-OH is 8. The summed E-state index contributed by atoms with van der Waals surface area (Å²) in [6, 6.07) is -0.910. The summed E-state index contributed by atoms with van der Waals surface area (Å²) < 4.78 is 22.8. The third-order valence-electron chi connectivity index (χ3n) is 17.2. The van der Waals surface area contributed by atoms with Crippen LogP contribution in [0.2, 0.25) is 0 Å². The average molecular weight is 1160 g/mol. The maximum absolute atomic E-state index is 13.3. The quantitative estimate of drug-likeness (QED) is 0.0204. The summed E-state index contributed by atoms with van der Waals surface area (Å²) in [5.74, 6) is -0.233. The van der Waals surface area contributed by atoms with Gasteiger partial charge in [-0.15, -0.1) is 0 Å². The molecule has 14 heteroatoms. The summed E-state index contributed by atoms with van der Waals surface area (Å²) in [4.78, 5) is 13.3. The summed E-state index contributed by atoms with van der Waals surface area (Å²) >= 11 is 0. The van der Waals surface area contributed by atoms with Crippen LogP contribution >= 0.6 is 0 Å². The van der Waals surface area contributed by atoms with Gasteiger partial charge in [0.15, 0.2) is 12.6 Å². The smallest absolute Gasteiger partial charge is 0.220 e. The van der Waals surface area contributed by atoms with E-state index in [1.54, 1.807) is 6.08 Å². The van der Waals surface area contributed by atoms with Crippen LogP contribution in [0.25, 0.3) is 0 Å². The van der Waals surface area contributed by atoms with E-state index in [4.69, 9.17) is 18.9 Å². The number of carbonyl (C=O) groups excluding carboxylic acids is 1. The van der Waals surface area contributed by atoms with E-state index in [0.717, 1.165) is 38.5 Å². The maximum atomic E-state index is 13.3. The van der Waals surface area contributed by atoms with Crippen molar-refractivity contribution in [2.45, 2.75) is 389 Å². The first-order valence-electron chi connectivity index (χ1n) is 34.4. The second kappa shape index (κ2) is 53.0. The van der Waals surface area contributed by atoms with Gasteiger partial charge in [-0.25, -0.2) is 0 Å². The lowest BCUT2D eigenvalue weighted by Gasteiger charge is -2.46. The average Bonchev–Trinajstić information content (AvgIpc) is 3.46. The molecular formula is C67H129NO13. The van der Waals surface area contributed by atoms with Gasteiger partial charge in [0.25, 0.3) is 0 Å². The van der Waals surface area contributed by atoms with Gasteiger partial charge in [0.2, 0.25) is 5.91 Å². The zero-order valence-corrected chi connectivity index (χ0v) is 52.1. The van der Waals surface area contributed by atoms with Crippen molar-refractivity contribution in [1.29, 1.82) is 0 Å². The number of nitrogens with one attached hydrogen (secondary N) is 1. The van der Waals surface area contributed by atoms with Gasteiger partial charge in [-0.1, -0.05) is 302 Å². The highest BCUT2D eigenvalue weighted by Gasteiger charge is 2.51. The van der Waals surface area contributed by atoms with Gasteiger partial charge in [0.05, 0.1) is 32.0 Å². The number of hydrogen-bond acceptors (Lipinski definition) is 13. The molecule has 2 aliphatic heterocycles. The third kappa shape index (κ3) is 37.8. The van der Waals surface area contributed by atoms with Crippen LogP contribution in [0.15, 0.2) is 12.2 Å². The number of rotatable bonds is 57. The van der Waals surface area contributed by atoms with Gasteiger partial charge in [0, 0.05) is 6.42 Å². The number of carbonyl (C=O) groups is 1. The first-order valence-corrected chi connectivity index (χ1v) is 34.4. The van der Waals surface area contributed by atoms with Crippen LogP contribution in [0.5, 0.6) is 0 Å². The van der Waals surface area contributed by atoms with E-state index >= 15 is 0 Å². The van der Waals surface area contributed by atoms with Gasteiger partial charge in [-0.2, -0.15) is 0 Å². The van der Waals surface area contributed by atoms with Crippen molar-refractivity contribution in [3.63, 3.8) is 0 Å². The predicted molar refractivity (Wildman–Crippen MR) is 328 cm³/mol. The largest absolute Gasteiger partial charge is 0.394 e. The summed E-state index contributed by atoms with van der Waals surface area (Å²) in [7, 11) is 0. The predicted octanol–water partition coefficient (Wildman–Crippen LogP) is 13.4. The van der Waals surface area contributed by atoms with Crippen LogP contribution in [-0.4, -0.2) is 140 Å². The van der Waals surface area contributed by atoms with Gasteiger partial charge >= 0.3 is 0 Å². The lowest BCUT2D eigenvalue weighted by Crippen LogP contribution is -2.65. The van der Waals surface area contributed by atoms with Crippen molar-refractivity contribution < 1.29 is 64.6 Å². The fourth-order valence-electron chi connectivity index (χ4n) is 11.7. The molecule has 0 bridgehead atoms. The number of allylic oxidation sites excluding steroid dienone is 1. The molecule has 0 aliphatic carbocycles. The molecule has 14 nitrogen and oxygen atoms in total. The van der Waals surface area contributed by atoms with Crippen LogP contribution in [0.1, 0.15) is 316 Å². The number of unbranched alkanes of at least 4 members (excludes halogenated alkanes) is 44. The Morgan fingerprint density at radius 1 is 0.432 bits per heavy atom. The first kappa shape index (κ1) is 75.8. The van der Waals surface area contributed by atoms with E-state index in [-0.39, 0.29) is 18.9 Å². The molecule has 2 rings (SSSR count). The fourth-order valence-corrected chi connectivity index (χ4v) is 11.7. The van der Waals surface area contributed by atoms with Crippen LogP contribution in [0.4, 0.5) is 0 Å². The Morgan fingerprint density at radius 3 is 1.14 bits per heavy atom. The Morgan fingerprint density at radius 2 is 0.765 bits per heavy atom.